The average Bonchev–Trinajstić information content (AvgIpc) is 2.45. The van der Waals surface area contributed by atoms with Gasteiger partial charge in [0.25, 0.3) is 0 Å². The topological polar surface area (TPSA) is 52.7 Å². The van der Waals surface area contributed by atoms with Gasteiger partial charge in [0.05, 0.1) is 0 Å². The molecule has 0 spiro atoms. The van der Waals surface area contributed by atoms with Crippen LogP contribution in [0.4, 0.5) is 0 Å². The van der Waals surface area contributed by atoms with Gasteiger partial charge in [0.2, 0.25) is 0 Å². The zero-order valence-corrected chi connectivity index (χ0v) is 14.6. The molecule has 1 aliphatic heterocycles. The van der Waals surface area contributed by atoms with Gasteiger partial charge in [-0.15, -0.1) is 0 Å². The molecule has 0 unspecified atom stereocenters. The highest BCUT2D eigenvalue weighted by molar-refractivity contribution is 6.35. The van der Waals surface area contributed by atoms with Crippen molar-refractivity contribution in [3.63, 3.8) is 0 Å². The molecule has 1 saturated heterocycles. The first-order chi connectivity index (χ1) is 10.8. The van der Waals surface area contributed by atoms with Crippen LogP contribution in [0, 0.1) is 13.8 Å². The molecular formula is C18H27N3O2. The van der Waals surface area contributed by atoms with Gasteiger partial charge in [-0.2, -0.15) is 0 Å². The lowest BCUT2D eigenvalue weighted by Gasteiger charge is -2.34. The molecule has 23 heavy (non-hydrogen) atoms. The first-order valence-corrected chi connectivity index (χ1v) is 8.24. The van der Waals surface area contributed by atoms with Gasteiger partial charge in [-0.3, -0.25) is 14.5 Å². The van der Waals surface area contributed by atoms with Crippen LogP contribution in [-0.4, -0.2) is 53.8 Å². The van der Waals surface area contributed by atoms with Gasteiger partial charge in [-0.05, 0) is 33.3 Å². The van der Waals surface area contributed by atoms with Gasteiger partial charge in [0.1, 0.15) is 0 Å². The maximum Gasteiger partial charge on any atom is 0.311 e. The van der Waals surface area contributed by atoms with Crippen molar-refractivity contribution in [2.75, 3.05) is 26.2 Å². The molecule has 0 saturated carbocycles. The Balaban J connectivity index is 1.86. The molecule has 0 aliphatic carbocycles. The van der Waals surface area contributed by atoms with Gasteiger partial charge in [0, 0.05) is 38.8 Å². The largest absolute Gasteiger partial charge is 0.346 e. The van der Waals surface area contributed by atoms with Gasteiger partial charge in [-0.25, -0.2) is 0 Å². The highest BCUT2D eigenvalue weighted by Crippen LogP contribution is 2.13. The third-order valence-corrected chi connectivity index (χ3v) is 3.96. The van der Waals surface area contributed by atoms with Crippen molar-refractivity contribution >= 4 is 11.8 Å². The minimum absolute atomic E-state index is 0.0164. The normalized spacial score (nSPS) is 15.8. The maximum absolute atomic E-state index is 12.1. The van der Waals surface area contributed by atoms with E-state index in [4.69, 9.17) is 0 Å². The minimum Gasteiger partial charge on any atom is -0.346 e. The van der Waals surface area contributed by atoms with E-state index in [-0.39, 0.29) is 6.04 Å². The van der Waals surface area contributed by atoms with Gasteiger partial charge < -0.3 is 10.2 Å². The summed E-state index contributed by atoms with van der Waals surface area (Å²) in [7, 11) is 0. The van der Waals surface area contributed by atoms with Crippen LogP contribution in [0.5, 0.6) is 0 Å². The number of benzene rings is 1. The van der Waals surface area contributed by atoms with Crippen molar-refractivity contribution < 1.29 is 9.59 Å². The molecule has 0 bridgehead atoms. The van der Waals surface area contributed by atoms with Crippen LogP contribution in [0.3, 0.4) is 0 Å². The number of hydrogen-bond acceptors (Lipinski definition) is 3. The monoisotopic (exact) mass is 317 g/mol. The quantitative estimate of drug-likeness (QED) is 0.859. The lowest BCUT2D eigenvalue weighted by Crippen LogP contribution is -2.53. The van der Waals surface area contributed by atoms with Crippen molar-refractivity contribution in [2.45, 2.75) is 40.3 Å². The zero-order chi connectivity index (χ0) is 17.0. The first kappa shape index (κ1) is 17.5. The summed E-state index contributed by atoms with van der Waals surface area (Å²) in [5.41, 5.74) is 3.86. The number of carbonyl (C=O) groups is 2. The molecule has 2 rings (SSSR count). The Hall–Kier alpha value is -1.88. The van der Waals surface area contributed by atoms with Crippen LogP contribution in [-0.2, 0) is 16.1 Å². The number of rotatable bonds is 3. The molecule has 126 valence electrons. The molecule has 0 atom stereocenters. The van der Waals surface area contributed by atoms with E-state index in [1.54, 1.807) is 4.90 Å². The predicted molar refractivity (Wildman–Crippen MR) is 91.1 cm³/mol. The summed E-state index contributed by atoms with van der Waals surface area (Å²) in [6, 6.07) is 6.58. The standard InChI is InChI=1S/C18H27N3O2/c1-13(2)19-17(22)18(23)21-7-5-20(6-8-21)12-16-10-14(3)9-15(4)11-16/h9-11,13H,5-8,12H2,1-4H3,(H,19,22). The number of nitrogens with zero attached hydrogens (tertiary/aromatic N) is 2. The molecule has 5 heteroatoms. The van der Waals surface area contributed by atoms with Crippen molar-refractivity contribution in [3.8, 4) is 0 Å². The lowest BCUT2D eigenvalue weighted by atomic mass is 10.1. The molecule has 5 nitrogen and oxygen atoms in total. The molecule has 1 aromatic rings. The second kappa shape index (κ2) is 7.59. The maximum atomic E-state index is 12.1. The zero-order valence-electron chi connectivity index (χ0n) is 14.6. The number of hydrogen-bond donors (Lipinski definition) is 1. The van der Waals surface area contributed by atoms with Crippen LogP contribution < -0.4 is 5.32 Å². The Labute approximate surface area is 138 Å². The highest BCUT2D eigenvalue weighted by atomic mass is 16.2. The van der Waals surface area contributed by atoms with Gasteiger partial charge in [-0.1, -0.05) is 29.3 Å². The Kier molecular flexibility index (Phi) is 5.77. The molecule has 1 aromatic carbocycles. The number of nitrogens with one attached hydrogen (secondary N) is 1. The van der Waals surface area contributed by atoms with Crippen LogP contribution in [0.15, 0.2) is 18.2 Å². The molecule has 1 N–H and O–H groups in total. The molecular weight excluding hydrogens is 290 g/mol. The second-order valence-corrected chi connectivity index (χ2v) is 6.69. The fourth-order valence-electron chi connectivity index (χ4n) is 3.00. The Morgan fingerprint density at radius 1 is 1.04 bits per heavy atom. The van der Waals surface area contributed by atoms with Crippen LogP contribution in [0.1, 0.15) is 30.5 Å². The Morgan fingerprint density at radius 2 is 1.61 bits per heavy atom. The van der Waals surface area contributed by atoms with Gasteiger partial charge >= 0.3 is 11.8 Å². The van der Waals surface area contributed by atoms with Crippen molar-refractivity contribution in [2.24, 2.45) is 0 Å². The summed E-state index contributed by atoms with van der Waals surface area (Å²) in [4.78, 5) is 27.8. The minimum atomic E-state index is -0.497. The third kappa shape index (κ3) is 5.06. The van der Waals surface area contributed by atoms with E-state index in [2.05, 4.69) is 42.3 Å². The Bertz CT molecular complexity index is 555. The number of aryl methyl sites for hydroxylation is 2. The van der Waals surface area contributed by atoms with Crippen LogP contribution in [0.2, 0.25) is 0 Å². The van der Waals surface area contributed by atoms with Crippen LogP contribution in [0.25, 0.3) is 0 Å². The van der Waals surface area contributed by atoms with Crippen molar-refractivity contribution in [1.29, 1.82) is 0 Å². The van der Waals surface area contributed by atoms with Crippen molar-refractivity contribution in [3.05, 3.63) is 34.9 Å². The summed E-state index contributed by atoms with van der Waals surface area (Å²) < 4.78 is 0. The molecule has 0 radical (unpaired) electrons. The number of carbonyl (C=O) groups excluding carboxylic acids is 2. The van der Waals surface area contributed by atoms with E-state index in [0.29, 0.717) is 13.1 Å². The fraction of sp³-hybridized carbons (Fsp3) is 0.556. The number of amides is 2. The van der Waals surface area contributed by atoms with Crippen LogP contribution >= 0.6 is 0 Å². The molecule has 1 aliphatic rings. The van der Waals surface area contributed by atoms with E-state index < -0.39 is 11.8 Å². The second-order valence-electron chi connectivity index (χ2n) is 6.69. The average molecular weight is 317 g/mol. The van der Waals surface area contributed by atoms with Gasteiger partial charge in [0.15, 0.2) is 0 Å². The van der Waals surface area contributed by atoms with E-state index in [0.717, 1.165) is 19.6 Å². The SMILES string of the molecule is Cc1cc(C)cc(CN2CCN(C(=O)C(=O)NC(C)C)CC2)c1. The first-order valence-electron chi connectivity index (χ1n) is 8.24. The Morgan fingerprint density at radius 3 is 2.13 bits per heavy atom. The van der Waals surface area contributed by atoms with E-state index in [1.807, 2.05) is 13.8 Å². The summed E-state index contributed by atoms with van der Waals surface area (Å²) in [5.74, 6) is -0.910. The summed E-state index contributed by atoms with van der Waals surface area (Å²) in [5, 5.41) is 2.66. The predicted octanol–water partition coefficient (Wildman–Crippen LogP) is 1.47. The lowest BCUT2D eigenvalue weighted by molar-refractivity contribution is -0.147. The highest BCUT2D eigenvalue weighted by Gasteiger charge is 2.26. The smallest absolute Gasteiger partial charge is 0.311 e. The van der Waals surface area contributed by atoms with E-state index >= 15 is 0 Å². The molecule has 1 fully saturated rings. The summed E-state index contributed by atoms with van der Waals surface area (Å²) >= 11 is 0. The summed E-state index contributed by atoms with van der Waals surface area (Å²) in [6.45, 7) is 11.6. The molecule has 0 aromatic heterocycles. The van der Waals surface area contributed by atoms with E-state index in [9.17, 15) is 9.59 Å². The molecule has 2 amide bonds. The fourth-order valence-corrected chi connectivity index (χ4v) is 3.00. The van der Waals surface area contributed by atoms with E-state index in [1.165, 1.54) is 16.7 Å². The van der Waals surface area contributed by atoms with Crippen molar-refractivity contribution in [1.82, 2.24) is 15.1 Å². The molecule has 1 heterocycles. The number of piperazine rings is 1. The third-order valence-electron chi connectivity index (χ3n) is 3.96. The summed E-state index contributed by atoms with van der Waals surface area (Å²) in [6.07, 6.45) is 0.